The van der Waals surface area contributed by atoms with Gasteiger partial charge in [-0.2, -0.15) is 11.8 Å². The van der Waals surface area contributed by atoms with E-state index in [9.17, 15) is 0 Å². The zero-order valence-corrected chi connectivity index (χ0v) is 16.4. The molecule has 1 unspecified atom stereocenters. The molecule has 1 rings (SSSR count). The summed E-state index contributed by atoms with van der Waals surface area (Å²) in [5.41, 5.74) is 0. The van der Waals surface area contributed by atoms with E-state index in [4.69, 9.17) is 9.47 Å². The van der Waals surface area contributed by atoms with E-state index >= 15 is 0 Å². The van der Waals surface area contributed by atoms with E-state index in [1.807, 2.05) is 18.8 Å². The summed E-state index contributed by atoms with van der Waals surface area (Å²) < 4.78 is 11.0. The molecule has 2 N–H and O–H groups in total. The first-order chi connectivity index (χ1) is 9.86. The van der Waals surface area contributed by atoms with E-state index < -0.39 is 0 Å². The zero-order valence-electron chi connectivity index (χ0n) is 13.2. The molecule has 0 aromatic heterocycles. The van der Waals surface area contributed by atoms with Crippen LogP contribution in [0.4, 0.5) is 0 Å². The molecule has 1 aliphatic heterocycles. The van der Waals surface area contributed by atoms with Crippen molar-refractivity contribution in [2.45, 2.75) is 31.8 Å². The summed E-state index contributed by atoms with van der Waals surface area (Å²) in [6, 6.07) is 0. The van der Waals surface area contributed by atoms with Gasteiger partial charge < -0.3 is 20.1 Å². The van der Waals surface area contributed by atoms with Crippen LogP contribution >= 0.6 is 35.7 Å². The highest BCUT2D eigenvalue weighted by Crippen LogP contribution is 2.07. The monoisotopic (exact) mass is 431 g/mol. The van der Waals surface area contributed by atoms with Crippen molar-refractivity contribution >= 4 is 41.7 Å². The Hall–Kier alpha value is 0.270. The summed E-state index contributed by atoms with van der Waals surface area (Å²) in [6.45, 7) is 4.25. The predicted octanol–water partition coefficient (Wildman–Crippen LogP) is 2.11. The summed E-state index contributed by atoms with van der Waals surface area (Å²) in [5.74, 6) is 2.12. The topological polar surface area (TPSA) is 54.9 Å². The van der Waals surface area contributed by atoms with Gasteiger partial charge in [0.25, 0.3) is 0 Å². The highest BCUT2D eigenvalue weighted by molar-refractivity contribution is 14.0. The maximum atomic E-state index is 5.72. The van der Waals surface area contributed by atoms with E-state index in [0.29, 0.717) is 6.10 Å². The summed E-state index contributed by atoms with van der Waals surface area (Å²) >= 11 is 1.90. The van der Waals surface area contributed by atoms with Crippen molar-refractivity contribution in [3.8, 4) is 0 Å². The lowest BCUT2D eigenvalue weighted by Gasteiger charge is -2.13. The lowest BCUT2D eigenvalue weighted by atomic mass is 10.3. The maximum Gasteiger partial charge on any atom is 0.190 e. The Balaban J connectivity index is 0.00000400. The van der Waals surface area contributed by atoms with Gasteiger partial charge in [-0.05, 0) is 37.7 Å². The Labute approximate surface area is 150 Å². The smallest absolute Gasteiger partial charge is 0.190 e. The minimum Gasteiger partial charge on any atom is -0.379 e. The Kier molecular flexibility index (Phi) is 15.4. The van der Waals surface area contributed by atoms with Gasteiger partial charge in [-0.3, -0.25) is 4.99 Å². The van der Waals surface area contributed by atoms with E-state index in [-0.39, 0.29) is 24.0 Å². The third-order valence-electron chi connectivity index (χ3n) is 3.15. The molecular weight excluding hydrogens is 401 g/mol. The molecule has 1 heterocycles. The van der Waals surface area contributed by atoms with Gasteiger partial charge in [0.2, 0.25) is 0 Å². The van der Waals surface area contributed by atoms with Gasteiger partial charge in [0, 0.05) is 33.4 Å². The van der Waals surface area contributed by atoms with E-state index in [2.05, 4.69) is 21.9 Å². The number of hydrogen-bond acceptors (Lipinski definition) is 4. The highest BCUT2D eigenvalue weighted by atomic mass is 127. The largest absolute Gasteiger partial charge is 0.379 e. The fourth-order valence-electron chi connectivity index (χ4n) is 1.97. The molecule has 21 heavy (non-hydrogen) atoms. The highest BCUT2D eigenvalue weighted by Gasteiger charge is 2.15. The molecule has 1 atom stereocenters. The minimum absolute atomic E-state index is 0. The first-order valence-corrected chi connectivity index (χ1v) is 8.89. The second kappa shape index (κ2) is 15.2. The van der Waals surface area contributed by atoms with Crippen LogP contribution in [0.15, 0.2) is 4.99 Å². The van der Waals surface area contributed by atoms with Gasteiger partial charge in [0.05, 0.1) is 12.7 Å². The van der Waals surface area contributed by atoms with Crippen LogP contribution in [0, 0.1) is 0 Å². The number of halogens is 1. The molecule has 1 aliphatic rings. The summed E-state index contributed by atoms with van der Waals surface area (Å²) in [5, 5.41) is 6.64. The van der Waals surface area contributed by atoms with Gasteiger partial charge in [-0.1, -0.05) is 0 Å². The number of guanidine groups is 1. The molecule has 7 heteroatoms. The summed E-state index contributed by atoms with van der Waals surface area (Å²) in [6.07, 6.45) is 6.92. The molecule has 0 aromatic rings. The van der Waals surface area contributed by atoms with Gasteiger partial charge in [0.15, 0.2) is 5.96 Å². The molecule has 0 bridgehead atoms. The maximum absolute atomic E-state index is 5.72. The Bertz CT molecular complexity index is 265. The number of nitrogens with zero attached hydrogens (tertiary/aromatic N) is 1. The van der Waals surface area contributed by atoms with Gasteiger partial charge in [-0.25, -0.2) is 0 Å². The quantitative estimate of drug-likeness (QED) is 0.240. The SMILES string of the molecule is CN=C(NCCCCSC)NCCCOC1CCOC1.I. The van der Waals surface area contributed by atoms with Crippen LogP contribution < -0.4 is 10.6 Å². The first-order valence-electron chi connectivity index (χ1n) is 7.49. The predicted molar refractivity (Wildman–Crippen MR) is 102 cm³/mol. The number of rotatable bonds is 10. The molecule has 126 valence electrons. The van der Waals surface area contributed by atoms with Crippen molar-refractivity contribution in [2.24, 2.45) is 4.99 Å². The van der Waals surface area contributed by atoms with Crippen molar-refractivity contribution in [3.63, 3.8) is 0 Å². The Morgan fingerprint density at radius 1 is 1.29 bits per heavy atom. The summed E-state index contributed by atoms with van der Waals surface area (Å²) in [7, 11) is 1.81. The van der Waals surface area contributed by atoms with Crippen LogP contribution in [-0.4, -0.2) is 64.0 Å². The normalized spacial score (nSPS) is 18.4. The van der Waals surface area contributed by atoms with E-state index in [0.717, 1.165) is 51.7 Å². The number of ether oxygens (including phenoxy) is 2. The van der Waals surface area contributed by atoms with Gasteiger partial charge in [0.1, 0.15) is 0 Å². The van der Waals surface area contributed by atoms with Crippen molar-refractivity contribution < 1.29 is 9.47 Å². The number of hydrogen-bond donors (Lipinski definition) is 2. The van der Waals surface area contributed by atoms with Crippen molar-refractivity contribution in [3.05, 3.63) is 0 Å². The molecular formula is C14H30IN3O2S. The van der Waals surface area contributed by atoms with Crippen LogP contribution in [-0.2, 0) is 9.47 Å². The number of aliphatic imine (C=N–C) groups is 1. The Morgan fingerprint density at radius 2 is 2.05 bits per heavy atom. The molecule has 0 radical (unpaired) electrons. The van der Waals surface area contributed by atoms with Crippen LogP contribution in [0.25, 0.3) is 0 Å². The fraction of sp³-hybridized carbons (Fsp3) is 0.929. The molecule has 1 saturated heterocycles. The number of unbranched alkanes of at least 4 members (excludes halogenated alkanes) is 1. The second-order valence-electron chi connectivity index (χ2n) is 4.84. The molecule has 0 amide bonds. The van der Waals surface area contributed by atoms with E-state index in [1.54, 1.807) is 0 Å². The molecule has 0 aromatic carbocycles. The standard InChI is InChI=1S/C14H29N3O2S.HI/c1-15-14(16-7-3-4-11-20-2)17-8-5-9-19-13-6-10-18-12-13;/h13H,3-12H2,1-2H3,(H2,15,16,17);1H. The fourth-order valence-corrected chi connectivity index (χ4v) is 2.46. The summed E-state index contributed by atoms with van der Waals surface area (Å²) in [4.78, 5) is 4.21. The Morgan fingerprint density at radius 3 is 2.67 bits per heavy atom. The second-order valence-corrected chi connectivity index (χ2v) is 5.82. The molecule has 0 spiro atoms. The lowest BCUT2D eigenvalue weighted by molar-refractivity contribution is 0.0420. The van der Waals surface area contributed by atoms with E-state index in [1.165, 1.54) is 18.6 Å². The minimum atomic E-state index is 0. The van der Waals surface area contributed by atoms with Gasteiger partial charge >= 0.3 is 0 Å². The average Bonchev–Trinajstić information content (AvgIpc) is 2.97. The van der Waals surface area contributed by atoms with Crippen molar-refractivity contribution in [2.75, 3.05) is 52.0 Å². The number of thioether (sulfide) groups is 1. The first kappa shape index (κ1) is 21.3. The van der Waals surface area contributed by atoms with Crippen LogP contribution in [0.3, 0.4) is 0 Å². The third-order valence-corrected chi connectivity index (χ3v) is 3.84. The lowest BCUT2D eigenvalue weighted by Crippen LogP contribution is -2.38. The third kappa shape index (κ3) is 11.5. The molecule has 5 nitrogen and oxygen atoms in total. The molecule has 0 aliphatic carbocycles. The van der Waals surface area contributed by atoms with Crippen LogP contribution in [0.2, 0.25) is 0 Å². The van der Waals surface area contributed by atoms with Crippen molar-refractivity contribution in [1.29, 1.82) is 0 Å². The van der Waals surface area contributed by atoms with Gasteiger partial charge in [-0.15, -0.1) is 24.0 Å². The average molecular weight is 431 g/mol. The van der Waals surface area contributed by atoms with Crippen LogP contribution in [0.5, 0.6) is 0 Å². The van der Waals surface area contributed by atoms with Crippen molar-refractivity contribution in [1.82, 2.24) is 10.6 Å². The molecule has 0 saturated carbocycles. The molecule has 1 fully saturated rings. The number of nitrogens with one attached hydrogen (secondary N) is 2. The van der Waals surface area contributed by atoms with Crippen LogP contribution in [0.1, 0.15) is 25.7 Å². The zero-order chi connectivity index (χ0) is 14.5.